The first-order chi connectivity index (χ1) is 10.6. The monoisotopic (exact) mass is 321 g/mol. The smallest absolute Gasteiger partial charge is 0.174 e. The van der Waals surface area contributed by atoms with Crippen molar-refractivity contribution in [2.45, 2.75) is 6.61 Å². The van der Waals surface area contributed by atoms with Gasteiger partial charge in [0.1, 0.15) is 17.3 Å². The van der Waals surface area contributed by atoms with Crippen molar-refractivity contribution in [1.82, 2.24) is 5.16 Å². The normalized spacial score (nSPS) is 10.9. The van der Waals surface area contributed by atoms with Crippen LogP contribution in [0, 0.1) is 11.6 Å². The Labute approximate surface area is 129 Å². The van der Waals surface area contributed by atoms with Crippen LogP contribution in [0.15, 0.2) is 47.0 Å². The number of hydrogen-bond donors (Lipinski definition) is 1. The van der Waals surface area contributed by atoms with Gasteiger partial charge in [-0.05, 0) is 42.5 Å². The van der Waals surface area contributed by atoms with Gasteiger partial charge in [0.25, 0.3) is 0 Å². The number of aliphatic hydroxyl groups is 1. The van der Waals surface area contributed by atoms with Crippen LogP contribution in [0.2, 0.25) is 5.02 Å². The van der Waals surface area contributed by atoms with E-state index in [2.05, 4.69) is 5.16 Å². The summed E-state index contributed by atoms with van der Waals surface area (Å²) in [5, 5.41) is 13.7. The molecule has 0 aliphatic carbocycles. The van der Waals surface area contributed by atoms with E-state index in [-0.39, 0.29) is 23.2 Å². The van der Waals surface area contributed by atoms with Gasteiger partial charge in [0.05, 0.1) is 17.2 Å². The minimum atomic E-state index is -0.474. The summed E-state index contributed by atoms with van der Waals surface area (Å²) in [5.74, 6) is -0.594. The van der Waals surface area contributed by atoms with Crippen LogP contribution in [0.4, 0.5) is 8.78 Å². The van der Waals surface area contributed by atoms with Gasteiger partial charge in [-0.15, -0.1) is 0 Å². The molecule has 0 amide bonds. The second kappa shape index (κ2) is 5.87. The van der Waals surface area contributed by atoms with E-state index in [1.54, 1.807) is 0 Å². The fraction of sp³-hybridized carbons (Fsp3) is 0.0625. The van der Waals surface area contributed by atoms with Crippen LogP contribution in [0.25, 0.3) is 22.6 Å². The summed E-state index contributed by atoms with van der Waals surface area (Å²) >= 11 is 6.01. The van der Waals surface area contributed by atoms with Crippen molar-refractivity contribution < 1.29 is 18.4 Å². The number of aromatic nitrogens is 1. The zero-order valence-electron chi connectivity index (χ0n) is 11.2. The third-order valence-electron chi connectivity index (χ3n) is 3.24. The number of aliphatic hydroxyl groups excluding tert-OH is 1. The Morgan fingerprint density at radius 1 is 1.05 bits per heavy atom. The molecule has 3 aromatic rings. The Morgan fingerprint density at radius 3 is 2.36 bits per heavy atom. The van der Waals surface area contributed by atoms with E-state index < -0.39 is 5.82 Å². The van der Waals surface area contributed by atoms with Gasteiger partial charge in [-0.25, -0.2) is 8.78 Å². The summed E-state index contributed by atoms with van der Waals surface area (Å²) < 4.78 is 31.4. The second-order valence-electron chi connectivity index (χ2n) is 4.63. The van der Waals surface area contributed by atoms with Crippen LogP contribution in [0.5, 0.6) is 0 Å². The highest BCUT2D eigenvalue weighted by Crippen LogP contribution is 2.36. The summed E-state index contributed by atoms with van der Waals surface area (Å²) in [6.07, 6.45) is 0. The highest BCUT2D eigenvalue weighted by molar-refractivity contribution is 6.33. The largest absolute Gasteiger partial charge is 0.391 e. The molecule has 0 aliphatic heterocycles. The van der Waals surface area contributed by atoms with Crippen LogP contribution < -0.4 is 0 Å². The maximum Gasteiger partial charge on any atom is 0.174 e. The first kappa shape index (κ1) is 14.7. The number of rotatable bonds is 3. The van der Waals surface area contributed by atoms with Crippen LogP contribution in [0.1, 0.15) is 5.56 Å². The summed E-state index contributed by atoms with van der Waals surface area (Å²) in [5.41, 5.74) is 1.81. The van der Waals surface area contributed by atoms with Gasteiger partial charge in [0.15, 0.2) is 5.76 Å². The highest BCUT2D eigenvalue weighted by atomic mass is 35.5. The fourth-order valence-corrected chi connectivity index (χ4v) is 2.43. The van der Waals surface area contributed by atoms with Crippen molar-refractivity contribution in [2.75, 3.05) is 0 Å². The molecule has 0 aliphatic rings. The number of halogens is 3. The lowest BCUT2D eigenvalue weighted by molar-refractivity contribution is 0.281. The van der Waals surface area contributed by atoms with Gasteiger partial charge < -0.3 is 9.63 Å². The standard InChI is InChI=1S/C16H10ClF2NO2/c17-14-7-11(19)5-6-12(14)16-13(8-21)15(20-22-16)9-1-3-10(18)4-2-9/h1-7,21H,8H2. The van der Waals surface area contributed by atoms with Crippen molar-refractivity contribution in [2.24, 2.45) is 0 Å². The zero-order valence-corrected chi connectivity index (χ0v) is 11.9. The average Bonchev–Trinajstić information content (AvgIpc) is 2.91. The van der Waals surface area contributed by atoms with Crippen molar-refractivity contribution in [1.29, 1.82) is 0 Å². The van der Waals surface area contributed by atoms with E-state index in [0.29, 0.717) is 22.4 Å². The van der Waals surface area contributed by atoms with E-state index in [1.807, 2.05) is 0 Å². The predicted molar refractivity (Wildman–Crippen MR) is 78.2 cm³/mol. The molecule has 1 heterocycles. The first-order valence-electron chi connectivity index (χ1n) is 6.41. The quantitative estimate of drug-likeness (QED) is 0.776. The van der Waals surface area contributed by atoms with E-state index in [1.165, 1.54) is 36.4 Å². The highest BCUT2D eigenvalue weighted by Gasteiger charge is 2.20. The molecule has 1 N–H and O–H groups in total. The molecule has 0 fully saturated rings. The van der Waals surface area contributed by atoms with Gasteiger partial charge in [-0.1, -0.05) is 16.8 Å². The lowest BCUT2D eigenvalue weighted by Crippen LogP contribution is -1.90. The number of hydrogen-bond acceptors (Lipinski definition) is 3. The van der Waals surface area contributed by atoms with Crippen LogP contribution in [-0.4, -0.2) is 10.3 Å². The SMILES string of the molecule is OCc1c(-c2ccc(F)cc2)noc1-c1ccc(F)cc1Cl. The van der Waals surface area contributed by atoms with Gasteiger partial charge >= 0.3 is 0 Å². The summed E-state index contributed by atoms with van der Waals surface area (Å²) in [4.78, 5) is 0. The Balaban J connectivity index is 2.13. The molecule has 3 nitrogen and oxygen atoms in total. The molecule has 0 bridgehead atoms. The van der Waals surface area contributed by atoms with E-state index in [9.17, 15) is 13.9 Å². The van der Waals surface area contributed by atoms with Gasteiger partial charge in [0.2, 0.25) is 0 Å². The van der Waals surface area contributed by atoms with Gasteiger partial charge in [0, 0.05) is 11.1 Å². The lowest BCUT2D eigenvalue weighted by atomic mass is 10.0. The third-order valence-corrected chi connectivity index (χ3v) is 3.55. The lowest BCUT2D eigenvalue weighted by Gasteiger charge is -2.03. The Bertz CT molecular complexity index is 816. The minimum Gasteiger partial charge on any atom is -0.391 e. The van der Waals surface area contributed by atoms with Gasteiger partial charge in [-0.3, -0.25) is 0 Å². The molecule has 0 saturated carbocycles. The van der Waals surface area contributed by atoms with Crippen LogP contribution >= 0.6 is 11.6 Å². The van der Waals surface area contributed by atoms with Crippen molar-refractivity contribution in [3.05, 3.63) is 64.7 Å². The van der Waals surface area contributed by atoms with Crippen LogP contribution in [-0.2, 0) is 6.61 Å². The fourth-order valence-electron chi connectivity index (χ4n) is 2.18. The topological polar surface area (TPSA) is 46.3 Å². The predicted octanol–water partition coefficient (Wildman–Crippen LogP) is 4.43. The Hall–Kier alpha value is -2.24. The molecule has 0 saturated heterocycles. The van der Waals surface area contributed by atoms with Crippen molar-refractivity contribution in [3.63, 3.8) is 0 Å². The Morgan fingerprint density at radius 2 is 1.73 bits per heavy atom. The molecule has 1 aromatic heterocycles. The molecular formula is C16H10ClF2NO2. The zero-order chi connectivity index (χ0) is 15.7. The van der Waals surface area contributed by atoms with E-state index in [0.717, 1.165) is 6.07 Å². The molecule has 0 unspecified atom stereocenters. The molecule has 2 aromatic carbocycles. The molecule has 3 rings (SSSR count). The number of benzene rings is 2. The molecule has 0 radical (unpaired) electrons. The molecule has 112 valence electrons. The maximum absolute atomic E-state index is 13.1. The van der Waals surface area contributed by atoms with E-state index >= 15 is 0 Å². The Kier molecular flexibility index (Phi) is 3.92. The third kappa shape index (κ3) is 2.61. The molecule has 6 heteroatoms. The van der Waals surface area contributed by atoms with Crippen molar-refractivity contribution in [3.8, 4) is 22.6 Å². The average molecular weight is 322 g/mol. The van der Waals surface area contributed by atoms with E-state index in [4.69, 9.17) is 16.1 Å². The maximum atomic E-state index is 13.1. The summed E-state index contributed by atoms with van der Waals surface area (Å²) in [6, 6.07) is 9.47. The molecule has 22 heavy (non-hydrogen) atoms. The van der Waals surface area contributed by atoms with Crippen LogP contribution in [0.3, 0.4) is 0 Å². The molecule has 0 spiro atoms. The molecular weight excluding hydrogens is 312 g/mol. The summed E-state index contributed by atoms with van der Waals surface area (Å²) in [6.45, 7) is -0.348. The van der Waals surface area contributed by atoms with Gasteiger partial charge in [-0.2, -0.15) is 0 Å². The van der Waals surface area contributed by atoms with Crippen molar-refractivity contribution >= 4 is 11.6 Å². The second-order valence-corrected chi connectivity index (χ2v) is 5.04. The minimum absolute atomic E-state index is 0.150. The number of nitrogens with zero attached hydrogens (tertiary/aromatic N) is 1. The summed E-state index contributed by atoms with van der Waals surface area (Å²) in [7, 11) is 0. The first-order valence-corrected chi connectivity index (χ1v) is 6.78. The molecule has 0 atom stereocenters.